The summed E-state index contributed by atoms with van der Waals surface area (Å²) in [5.74, 6) is 0.800. The first kappa shape index (κ1) is 16.0. The highest BCUT2D eigenvalue weighted by molar-refractivity contribution is 5.90. The number of aromatic nitrogens is 4. The SMILES string of the molecule is CN(C)c1nc(Nc2cccc(F)c2)c2cnn(-c3ccccc3)c2n1. The standard InChI is InChI=1S/C19H17FN6/c1-25(2)19-23-17(22-14-8-6-7-13(20)11-14)16-12-21-26(18(16)24-19)15-9-4-3-5-10-15/h3-12H,1-2H3,(H,22,23,24). The molecule has 0 unspecified atom stereocenters. The number of fused-ring (bicyclic) bond motifs is 1. The van der Waals surface area contributed by atoms with E-state index in [0.29, 0.717) is 23.1 Å². The lowest BCUT2D eigenvalue weighted by atomic mass is 10.3. The molecule has 0 saturated heterocycles. The van der Waals surface area contributed by atoms with Crippen LogP contribution in [0.15, 0.2) is 60.8 Å². The molecular weight excluding hydrogens is 331 g/mol. The van der Waals surface area contributed by atoms with Crippen molar-refractivity contribution in [3.63, 3.8) is 0 Å². The maximum Gasteiger partial charge on any atom is 0.228 e. The number of para-hydroxylation sites is 1. The molecule has 130 valence electrons. The van der Waals surface area contributed by atoms with Crippen LogP contribution >= 0.6 is 0 Å². The smallest absolute Gasteiger partial charge is 0.228 e. The Hall–Kier alpha value is -3.48. The van der Waals surface area contributed by atoms with Crippen molar-refractivity contribution in [2.45, 2.75) is 0 Å². The number of anilines is 3. The van der Waals surface area contributed by atoms with Gasteiger partial charge >= 0.3 is 0 Å². The van der Waals surface area contributed by atoms with Gasteiger partial charge in [0, 0.05) is 19.8 Å². The van der Waals surface area contributed by atoms with Gasteiger partial charge in [0.15, 0.2) is 5.65 Å². The average Bonchev–Trinajstić information content (AvgIpc) is 3.07. The van der Waals surface area contributed by atoms with E-state index in [4.69, 9.17) is 0 Å². The van der Waals surface area contributed by atoms with Crippen LogP contribution in [-0.4, -0.2) is 33.8 Å². The number of halogens is 1. The lowest BCUT2D eigenvalue weighted by Crippen LogP contribution is -2.14. The van der Waals surface area contributed by atoms with Crippen molar-refractivity contribution >= 4 is 28.5 Å². The summed E-state index contributed by atoms with van der Waals surface area (Å²) in [5, 5.41) is 8.40. The normalized spacial score (nSPS) is 10.9. The molecular formula is C19H17FN6. The Bertz CT molecular complexity index is 1060. The molecule has 0 radical (unpaired) electrons. The predicted octanol–water partition coefficient (Wildman–Crippen LogP) is 3.76. The number of hydrogen-bond donors (Lipinski definition) is 1. The van der Waals surface area contributed by atoms with E-state index in [9.17, 15) is 4.39 Å². The molecule has 1 N–H and O–H groups in total. The summed E-state index contributed by atoms with van der Waals surface area (Å²) in [6, 6.07) is 16.0. The van der Waals surface area contributed by atoms with Crippen molar-refractivity contribution in [3.05, 3.63) is 66.6 Å². The third-order valence-corrected chi connectivity index (χ3v) is 3.90. The molecule has 0 amide bonds. The van der Waals surface area contributed by atoms with Crippen molar-refractivity contribution in [3.8, 4) is 5.69 Å². The first-order valence-electron chi connectivity index (χ1n) is 8.13. The zero-order valence-electron chi connectivity index (χ0n) is 14.4. The lowest BCUT2D eigenvalue weighted by molar-refractivity contribution is 0.628. The lowest BCUT2D eigenvalue weighted by Gasteiger charge is -2.14. The largest absolute Gasteiger partial charge is 0.347 e. The van der Waals surface area contributed by atoms with E-state index in [0.717, 1.165) is 11.1 Å². The summed E-state index contributed by atoms with van der Waals surface area (Å²) >= 11 is 0. The van der Waals surface area contributed by atoms with Crippen LogP contribution in [0, 0.1) is 5.82 Å². The summed E-state index contributed by atoms with van der Waals surface area (Å²) < 4.78 is 15.3. The summed E-state index contributed by atoms with van der Waals surface area (Å²) in [6.45, 7) is 0. The van der Waals surface area contributed by atoms with E-state index >= 15 is 0 Å². The molecule has 2 aromatic heterocycles. The van der Waals surface area contributed by atoms with Crippen molar-refractivity contribution in [1.29, 1.82) is 0 Å². The Balaban J connectivity index is 1.88. The molecule has 6 nitrogen and oxygen atoms in total. The summed E-state index contributed by atoms with van der Waals surface area (Å²) in [4.78, 5) is 11.0. The second-order valence-corrected chi connectivity index (χ2v) is 6.03. The molecule has 0 spiro atoms. The fourth-order valence-corrected chi connectivity index (χ4v) is 2.65. The first-order valence-corrected chi connectivity index (χ1v) is 8.13. The van der Waals surface area contributed by atoms with Crippen LogP contribution in [0.2, 0.25) is 0 Å². The third-order valence-electron chi connectivity index (χ3n) is 3.90. The van der Waals surface area contributed by atoms with E-state index in [-0.39, 0.29) is 5.82 Å². The Labute approximate surface area is 149 Å². The van der Waals surface area contributed by atoms with Gasteiger partial charge in [0.1, 0.15) is 11.6 Å². The molecule has 4 aromatic rings. The summed E-state index contributed by atoms with van der Waals surface area (Å²) in [7, 11) is 3.74. The quantitative estimate of drug-likeness (QED) is 0.608. The van der Waals surface area contributed by atoms with Crippen LogP contribution < -0.4 is 10.2 Å². The highest BCUT2D eigenvalue weighted by Gasteiger charge is 2.15. The summed E-state index contributed by atoms with van der Waals surface area (Å²) in [5.41, 5.74) is 2.19. The molecule has 4 rings (SSSR count). The predicted molar refractivity (Wildman–Crippen MR) is 101 cm³/mol. The van der Waals surface area contributed by atoms with Crippen molar-refractivity contribution in [1.82, 2.24) is 19.7 Å². The van der Waals surface area contributed by atoms with E-state index in [1.165, 1.54) is 12.1 Å². The zero-order valence-corrected chi connectivity index (χ0v) is 14.4. The highest BCUT2D eigenvalue weighted by atomic mass is 19.1. The maximum absolute atomic E-state index is 13.5. The number of hydrogen-bond acceptors (Lipinski definition) is 5. The minimum atomic E-state index is -0.312. The zero-order chi connectivity index (χ0) is 18.1. The Morgan fingerprint density at radius 2 is 1.81 bits per heavy atom. The average molecular weight is 348 g/mol. The van der Waals surface area contributed by atoms with Gasteiger partial charge in [-0.25, -0.2) is 9.07 Å². The van der Waals surface area contributed by atoms with Crippen LogP contribution in [0.1, 0.15) is 0 Å². The van der Waals surface area contributed by atoms with Crippen LogP contribution in [0.4, 0.5) is 21.8 Å². The molecule has 0 aliphatic heterocycles. The maximum atomic E-state index is 13.5. The van der Waals surface area contributed by atoms with E-state index in [1.54, 1.807) is 23.0 Å². The monoisotopic (exact) mass is 348 g/mol. The Morgan fingerprint density at radius 3 is 2.54 bits per heavy atom. The molecule has 0 aliphatic carbocycles. The molecule has 0 bridgehead atoms. The topological polar surface area (TPSA) is 58.9 Å². The van der Waals surface area contributed by atoms with Crippen LogP contribution in [0.3, 0.4) is 0 Å². The van der Waals surface area contributed by atoms with Gasteiger partial charge in [0.25, 0.3) is 0 Å². The highest BCUT2D eigenvalue weighted by Crippen LogP contribution is 2.27. The fraction of sp³-hybridized carbons (Fsp3) is 0.105. The van der Waals surface area contributed by atoms with E-state index in [2.05, 4.69) is 20.4 Å². The van der Waals surface area contributed by atoms with Gasteiger partial charge < -0.3 is 10.2 Å². The molecule has 0 atom stereocenters. The van der Waals surface area contributed by atoms with Crippen LogP contribution in [0.5, 0.6) is 0 Å². The number of rotatable bonds is 4. The van der Waals surface area contributed by atoms with Gasteiger partial charge in [-0.1, -0.05) is 24.3 Å². The number of nitrogens with one attached hydrogen (secondary N) is 1. The van der Waals surface area contributed by atoms with Gasteiger partial charge in [0.2, 0.25) is 5.95 Å². The van der Waals surface area contributed by atoms with Gasteiger partial charge in [-0.15, -0.1) is 0 Å². The minimum Gasteiger partial charge on any atom is -0.347 e. The van der Waals surface area contributed by atoms with Gasteiger partial charge in [-0.05, 0) is 30.3 Å². The molecule has 0 saturated carbocycles. The molecule has 7 heteroatoms. The molecule has 0 aliphatic rings. The summed E-state index contributed by atoms with van der Waals surface area (Å²) in [6.07, 6.45) is 1.71. The third kappa shape index (κ3) is 2.95. The van der Waals surface area contributed by atoms with Crippen molar-refractivity contribution in [2.24, 2.45) is 0 Å². The van der Waals surface area contributed by atoms with E-state index < -0.39 is 0 Å². The van der Waals surface area contributed by atoms with E-state index in [1.807, 2.05) is 49.3 Å². The Kier molecular flexibility index (Phi) is 3.96. The van der Waals surface area contributed by atoms with Crippen molar-refractivity contribution < 1.29 is 4.39 Å². The fourth-order valence-electron chi connectivity index (χ4n) is 2.65. The molecule has 26 heavy (non-hydrogen) atoms. The number of benzene rings is 2. The second kappa shape index (κ2) is 6.44. The number of nitrogens with zero attached hydrogens (tertiary/aromatic N) is 5. The van der Waals surface area contributed by atoms with Crippen LogP contribution in [-0.2, 0) is 0 Å². The first-order chi connectivity index (χ1) is 12.6. The molecule has 2 aromatic carbocycles. The Morgan fingerprint density at radius 1 is 1.00 bits per heavy atom. The van der Waals surface area contributed by atoms with Gasteiger partial charge in [0.05, 0.1) is 17.3 Å². The van der Waals surface area contributed by atoms with Crippen LogP contribution in [0.25, 0.3) is 16.7 Å². The second-order valence-electron chi connectivity index (χ2n) is 6.03. The van der Waals surface area contributed by atoms with Gasteiger partial charge in [-0.3, -0.25) is 0 Å². The van der Waals surface area contributed by atoms with Crippen molar-refractivity contribution in [2.75, 3.05) is 24.3 Å². The molecule has 2 heterocycles. The minimum absolute atomic E-state index is 0.312. The molecule has 0 fully saturated rings. The van der Waals surface area contributed by atoms with Gasteiger partial charge in [-0.2, -0.15) is 15.1 Å².